The molecule has 0 fully saturated rings. The molecule has 78 valence electrons. The highest BCUT2D eigenvalue weighted by molar-refractivity contribution is 6.44. The summed E-state index contributed by atoms with van der Waals surface area (Å²) < 4.78 is 5.62. The van der Waals surface area contributed by atoms with E-state index in [-0.39, 0.29) is 16.8 Å². The maximum Gasteiger partial charge on any atom is 0.457 e. The van der Waals surface area contributed by atoms with Crippen LogP contribution in [0.1, 0.15) is 48.5 Å². The van der Waals surface area contributed by atoms with Gasteiger partial charge in [0, 0.05) is 0 Å². The third kappa shape index (κ3) is 3.69. The van der Waals surface area contributed by atoms with Gasteiger partial charge in [-0.2, -0.15) is 0 Å². The van der Waals surface area contributed by atoms with Gasteiger partial charge < -0.3 is 9.68 Å². The Hall–Kier alpha value is -0.0151. The first-order valence-corrected chi connectivity index (χ1v) is 4.94. The first kappa shape index (κ1) is 13.0. The van der Waals surface area contributed by atoms with Crippen molar-refractivity contribution in [3.8, 4) is 0 Å². The summed E-state index contributed by atoms with van der Waals surface area (Å²) in [5.74, 6) is 0.140. The molecule has 13 heavy (non-hydrogen) atoms. The third-order valence-electron chi connectivity index (χ3n) is 2.79. The van der Waals surface area contributed by atoms with Crippen molar-refractivity contribution < 1.29 is 9.68 Å². The van der Waals surface area contributed by atoms with Crippen molar-refractivity contribution in [1.82, 2.24) is 0 Å². The summed E-state index contributed by atoms with van der Waals surface area (Å²) >= 11 is 0. The Morgan fingerprint density at radius 3 is 1.69 bits per heavy atom. The Bertz CT molecular complexity index is 159. The van der Waals surface area contributed by atoms with Crippen LogP contribution in [0.25, 0.3) is 0 Å². The third-order valence-corrected chi connectivity index (χ3v) is 2.79. The van der Waals surface area contributed by atoms with Crippen molar-refractivity contribution in [1.29, 1.82) is 0 Å². The predicted octanol–water partition coefficient (Wildman–Crippen LogP) is 2.72. The van der Waals surface area contributed by atoms with Crippen LogP contribution in [-0.4, -0.2) is 17.7 Å². The van der Waals surface area contributed by atoms with Gasteiger partial charge in [0.25, 0.3) is 0 Å². The lowest BCUT2D eigenvalue weighted by Gasteiger charge is -2.40. The quantitative estimate of drug-likeness (QED) is 0.686. The molecule has 0 atom stereocenters. The highest BCUT2D eigenvalue weighted by atomic mass is 16.5. The summed E-state index contributed by atoms with van der Waals surface area (Å²) in [6.07, 6.45) is 0. The predicted molar refractivity (Wildman–Crippen MR) is 57.7 cm³/mol. The largest absolute Gasteiger partial charge is 0.457 e. The van der Waals surface area contributed by atoms with Crippen LogP contribution in [0.4, 0.5) is 0 Å². The maximum absolute atomic E-state index is 9.60. The first-order valence-electron chi connectivity index (χ1n) is 4.94. The van der Waals surface area contributed by atoms with Crippen LogP contribution in [0, 0.1) is 5.41 Å². The fraction of sp³-hybridized carbons (Fsp3) is 1.00. The normalized spacial score (nSPS) is 13.6. The molecule has 0 amide bonds. The molecule has 0 aromatic heterocycles. The van der Waals surface area contributed by atoms with Crippen molar-refractivity contribution in [2.75, 3.05) is 0 Å². The van der Waals surface area contributed by atoms with E-state index in [1.807, 2.05) is 27.7 Å². The number of hydrogen-bond donors (Lipinski definition) is 1. The molecule has 0 unspecified atom stereocenters. The molecule has 0 heterocycles. The van der Waals surface area contributed by atoms with E-state index >= 15 is 0 Å². The van der Waals surface area contributed by atoms with E-state index in [1.165, 1.54) is 0 Å². The van der Waals surface area contributed by atoms with Crippen molar-refractivity contribution >= 4 is 7.12 Å². The molecule has 0 aromatic carbocycles. The standard InChI is InChI=1S/C10H23BO2/c1-8(2)11(12)13-10(6,7)9(3,4)5/h8,12H,1-7H3. The van der Waals surface area contributed by atoms with Gasteiger partial charge in [-0.3, -0.25) is 0 Å². The smallest absolute Gasteiger partial charge is 0.427 e. The molecule has 0 aliphatic carbocycles. The topological polar surface area (TPSA) is 29.5 Å². The fourth-order valence-electron chi connectivity index (χ4n) is 0.615. The van der Waals surface area contributed by atoms with Crippen LogP contribution in [0.5, 0.6) is 0 Å². The zero-order chi connectivity index (χ0) is 10.9. The second kappa shape index (κ2) is 4.01. The van der Waals surface area contributed by atoms with Crippen molar-refractivity contribution in [2.45, 2.75) is 59.9 Å². The summed E-state index contributed by atoms with van der Waals surface area (Å²) in [7, 11) is -0.672. The zero-order valence-electron chi connectivity index (χ0n) is 10.0. The van der Waals surface area contributed by atoms with Crippen LogP contribution in [0.15, 0.2) is 0 Å². The molecule has 0 saturated carbocycles. The minimum absolute atomic E-state index is 0.0306. The van der Waals surface area contributed by atoms with E-state index in [1.54, 1.807) is 0 Å². The summed E-state index contributed by atoms with van der Waals surface area (Å²) in [4.78, 5) is 0. The average molecular weight is 186 g/mol. The van der Waals surface area contributed by atoms with Crippen LogP contribution >= 0.6 is 0 Å². The molecule has 3 heteroatoms. The van der Waals surface area contributed by atoms with E-state index in [0.717, 1.165) is 0 Å². The summed E-state index contributed by atoms with van der Waals surface area (Å²) in [5, 5.41) is 9.60. The van der Waals surface area contributed by atoms with Crippen molar-refractivity contribution in [3.63, 3.8) is 0 Å². The van der Waals surface area contributed by atoms with Gasteiger partial charge in [-0.1, -0.05) is 34.6 Å². The highest BCUT2D eigenvalue weighted by Crippen LogP contribution is 2.34. The van der Waals surface area contributed by atoms with E-state index in [9.17, 15) is 5.02 Å². The number of hydrogen-bond acceptors (Lipinski definition) is 2. The number of rotatable bonds is 3. The van der Waals surface area contributed by atoms with Crippen LogP contribution in [0.2, 0.25) is 5.82 Å². The van der Waals surface area contributed by atoms with Crippen LogP contribution in [0.3, 0.4) is 0 Å². The average Bonchev–Trinajstić information content (AvgIpc) is 1.83. The molecule has 1 N–H and O–H groups in total. The van der Waals surface area contributed by atoms with Gasteiger partial charge in [0.1, 0.15) is 0 Å². The molecule has 0 aromatic rings. The first-order chi connectivity index (χ1) is 5.58. The molecular formula is C10H23BO2. The molecule has 0 saturated heterocycles. The van der Waals surface area contributed by atoms with Crippen molar-refractivity contribution in [3.05, 3.63) is 0 Å². The Kier molecular flexibility index (Phi) is 4.01. The lowest BCUT2D eigenvalue weighted by molar-refractivity contribution is -0.0179. The molecule has 2 nitrogen and oxygen atoms in total. The molecule has 0 spiro atoms. The van der Waals surface area contributed by atoms with E-state index in [4.69, 9.17) is 4.65 Å². The summed E-state index contributed by atoms with van der Waals surface area (Å²) in [6, 6.07) is 0. The molecule has 0 aliphatic rings. The Morgan fingerprint density at radius 1 is 1.08 bits per heavy atom. The van der Waals surface area contributed by atoms with Crippen LogP contribution < -0.4 is 0 Å². The Morgan fingerprint density at radius 2 is 1.46 bits per heavy atom. The maximum atomic E-state index is 9.60. The lowest BCUT2D eigenvalue weighted by Crippen LogP contribution is -2.44. The fourth-order valence-corrected chi connectivity index (χ4v) is 0.615. The van der Waals surface area contributed by atoms with Gasteiger partial charge >= 0.3 is 7.12 Å². The molecule has 0 bridgehead atoms. The van der Waals surface area contributed by atoms with E-state index in [0.29, 0.717) is 0 Å². The lowest BCUT2D eigenvalue weighted by atomic mass is 9.71. The summed E-state index contributed by atoms with van der Waals surface area (Å²) in [6.45, 7) is 14.3. The zero-order valence-corrected chi connectivity index (χ0v) is 10.0. The molecule has 0 rings (SSSR count). The Balaban J connectivity index is 4.34. The van der Waals surface area contributed by atoms with Crippen LogP contribution in [-0.2, 0) is 4.65 Å². The minimum atomic E-state index is -0.672. The van der Waals surface area contributed by atoms with E-state index < -0.39 is 7.12 Å². The van der Waals surface area contributed by atoms with E-state index in [2.05, 4.69) is 20.8 Å². The SMILES string of the molecule is CC(C)B(O)OC(C)(C)C(C)(C)C. The minimum Gasteiger partial charge on any atom is -0.427 e. The second-order valence-electron chi connectivity index (χ2n) is 5.51. The van der Waals surface area contributed by atoms with Gasteiger partial charge in [0.15, 0.2) is 0 Å². The second-order valence-corrected chi connectivity index (χ2v) is 5.51. The van der Waals surface area contributed by atoms with Gasteiger partial charge in [-0.25, -0.2) is 0 Å². The molecule has 0 radical (unpaired) electrons. The monoisotopic (exact) mass is 186 g/mol. The van der Waals surface area contributed by atoms with Gasteiger partial charge in [-0.05, 0) is 25.1 Å². The summed E-state index contributed by atoms with van der Waals surface area (Å²) in [5.41, 5.74) is -0.278. The van der Waals surface area contributed by atoms with Gasteiger partial charge in [0.05, 0.1) is 5.60 Å². The molecule has 0 aliphatic heterocycles. The Labute approximate surface area is 82.8 Å². The van der Waals surface area contributed by atoms with Gasteiger partial charge in [-0.15, -0.1) is 0 Å². The van der Waals surface area contributed by atoms with Gasteiger partial charge in [0.2, 0.25) is 0 Å². The molecular weight excluding hydrogens is 163 g/mol. The highest BCUT2D eigenvalue weighted by Gasteiger charge is 2.37. The van der Waals surface area contributed by atoms with Crippen molar-refractivity contribution in [2.24, 2.45) is 5.41 Å².